The van der Waals surface area contributed by atoms with Gasteiger partial charge in [-0.25, -0.2) is 4.39 Å². The highest BCUT2D eigenvalue weighted by atomic mass is 35.5. The lowest BCUT2D eigenvalue weighted by Gasteiger charge is -2.28. The van der Waals surface area contributed by atoms with Gasteiger partial charge in [0.05, 0.1) is 0 Å². The van der Waals surface area contributed by atoms with Crippen LogP contribution < -0.4 is 10.6 Å². The molecule has 1 aliphatic heterocycles. The third-order valence-electron chi connectivity index (χ3n) is 2.91. The summed E-state index contributed by atoms with van der Waals surface area (Å²) in [5.41, 5.74) is -0.895. The number of piperidine rings is 1. The molecule has 6 heteroatoms. The number of carbonyl (C=O) groups is 1. The van der Waals surface area contributed by atoms with Gasteiger partial charge in [0, 0.05) is 25.5 Å². The molecule has 2 rings (SSSR count). The summed E-state index contributed by atoms with van der Waals surface area (Å²) < 4.78 is 14.2. The molecule has 1 aromatic rings. The molecule has 2 heterocycles. The lowest BCUT2D eigenvalue weighted by molar-refractivity contribution is -0.134. The summed E-state index contributed by atoms with van der Waals surface area (Å²) >= 11 is 0. The highest BCUT2D eigenvalue weighted by Crippen LogP contribution is 2.21. The molecule has 4 nitrogen and oxygen atoms in total. The van der Waals surface area contributed by atoms with Gasteiger partial charge in [0.15, 0.2) is 0 Å². The molecule has 1 saturated heterocycles. The maximum Gasteiger partial charge on any atom is 0.259 e. The van der Waals surface area contributed by atoms with Gasteiger partial charge < -0.3 is 10.6 Å². The Hall–Kier alpha value is -1.20. The first-order chi connectivity index (χ1) is 8.21. The number of hydrogen-bond acceptors (Lipinski definition) is 3. The fraction of sp³-hybridized carbons (Fsp3) is 0.500. The second kappa shape index (κ2) is 6.66. The second-order valence-electron chi connectivity index (χ2n) is 4.29. The average molecular weight is 274 g/mol. The van der Waals surface area contributed by atoms with E-state index < -0.39 is 11.6 Å². The lowest BCUT2D eigenvalue weighted by Crippen LogP contribution is -2.52. The van der Waals surface area contributed by atoms with Crippen LogP contribution in [0.15, 0.2) is 24.5 Å². The van der Waals surface area contributed by atoms with Crippen molar-refractivity contribution in [2.24, 2.45) is 0 Å². The summed E-state index contributed by atoms with van der Waals surface area (Å²) in [5.74, 6) is -0.534. The lowest BCUT2D eigenvalue weighted by atomic mass is 9.95. The number of aromatic nitrogens is 1. The first kappa shape index (κ1) is 14.9. The third-order valence-corrected chi connectivity index (χ3v) is 2.91. The Morgan fingerprint density at radius 1 is 1.61 bits per heavy atom. The van der Waals surface area contributed by atoms with Crippen LogP contribution in [0, 0.1) is 0 Å². The van der Waals surface area contributed by atoms with Crippen LogP contribution in [0.4, 0.5) is 4.39 Å². The predicted molar refractivity (Wildman–Crippen MR) is 69.3 cm³/mol. The van der Waals surface area contributed by atoms with Crippen LogP contribution >= 0.6 is 12.4 Å². The van der Waals surface area contributed by atoms with Gasteiger partial charge in [-0.2, -0.15) is 0 Å². The number of alkyl halides is 1. The molecule has 1 aliphatic rings. The maximum absolute atomic E-state index is 14.2. The summed E-state index contributed by atoms with van der Waals surface area (Å²) in [6, 6.07) is 3.63. The van der Waals surface area contributed by atoms with Crippen molar-refractivity contribution in [3.8, 4) is 0 Å². The highest BCUT2D eigenvalue weighted by molar-refractivity contribution is 5.85. The molecule has 100 valence electrons. The van der Waals surface area contributed by atoms with E-state index in [0.717, 1.165) is 12.1 Å². The number of carbonyl (C=O) groups excluding carboxylic acids is 1. The molecule has 0 bridgehead atoms. The smallest absolute Gasteiger partial charge is 0.259 e. The third kappa shape index (κ3) is 3.65. The highest BCUT2D eigenvalue weighted by Gasteiger charge is 2.39. The summed E-state index contributed by atoms with van der Waals surface area (Å²) in [6.45, 7) is 1.20. The number of hydrogen-bond donors (Lipinski definition) is 2. The molecule has 0 aromatic carbocycles. The van der Waals surface area contributed by atoms with Crippen molar-refractivity contribution in [3.05, 3.63) is 30.1 Å². The van der Waals surface area contributed by atoms with E-state index in [9.17, 15) is 9.18 Å². The molecule has 1 fully saturated rings. The van der Waals surface area contributed by atoms with Crippen LogP contribution in [0.2, 0.25) is 0 Å². The summed E-state index contributed by atoms with van der Waals surface area (Å²) in [7, 11) is 0. The van der Waals surface area contributed by atoms with Gasteiger partial charge in [0.25, 0.3) is 5.91 Å². The van der Waals surface area contributed by atoms with Gasteiger partial charge in [-0.05, 0) is 31.0 Å². The van der Waals surface area contributed by atoms with Crippen molar-refractivity contribution < 1.29 is 9.18 Å². The van der Waals surface area contributed by atoms with Crippen molar-refractivity contribution in [3.63, 3.8) is 0 Å². The first-order valence-corrected chi connectivity index (χ1v) is 5.77. The zero-order chi connectivity index (χ0) is 12.1. The molecule has 18 heavy (non-hydrogen) atoms. The van der Waals surface area contributed by atoms with Gasteiger partial charge >= 0.3 is 0 Å². The Bertz CT molecular complexity index is 382. The van der Waals surface area contributed by atoms with E-state index >= 15 is 0 Å². The Morgan fingerprint density at radius 3 is 3.06 bits per heavy atom. The molecular weight excluding hydrogens is 257 g/mol. The zero-order valence-electron chi connectivity index (χ0n) is 9.99. The zero-order valence-corrected chi connectivity index (χ0v) is 10.8. The van der Waals surface area contributed by atoms with Crippen LogP contribution in [-0.4, -0.2) is 29.6 Å². The van der Waals surface area contributed by atoms with Gasteiger partial charge in [-0.1, -0.05) is 6.07 Å². The minimum Gasteiger partial charge on any atom is -0.349 e. The standard InChI is InChI=1S/C12H16FN3O.ClH/c13-12(4-2-6-15-9-12)11(17)16-8-10-3-1-5-14-7-10;/h1,3,5,7,15H,2,4,6,8-9H2,(H,16,17);1H. The van der Waals surface area contributed by atoms with Crippen LogP contribution in [0.25, 0.3) is 0 Å². The van der Waals surface area contributed by atoms with E-state index in [4.69, 9.17) is 0 Å². The van der Waals surface area contributed by atoms with Gasteiger partial charge in [0.1, 0.15) is 0 Å². The first-order valence-electron chi connectivity index (χ1n) is 5.77. The number of halogens is 2. The van der Waals surface area contributed by atoms with Crippen LogP contribution in [0.3, 0.4) is 0 Å². The summed E-state index contributed by atoms with van der Waals surface area (Å²) in [5, 5.41) is 5.52. The average Bonchev–Trinajstić information content (AvgIpc) is 2.38. The fourth-order valence-corrected chi connectivity index (χ4v) is 1.91. The number of nitrogens with one attached hydrogen (secondary N) is 2. The van der Waals surface area contributed by atoms with Crippen molar-refractivity contribution >= 4 is 18.3 Å². The molecular formula is C12H17ClFN3O. The molecule has 1 aromatic heterocycles. The minimum atomic E-state index is -1.76. The van der Waals surface area contributed by atoms with Crippen molar-refractivity contribution in [1.29, 1.82) is 0 Å². The van der Waals surface area contributed by atoms with E-state index in [0.29, 0.717) is 19.4 Å². The summed E-state index contributed by atoms with van der Waals surface area (Å²) in [6.07, 6.45) is 4.30. The van der Waals surface area contributed by atoms with Gasteiger partial charge in [-0.15, -0.1) is 12.4 Å². The number of amides is 1. The SMILES string of the molecule is Cl.O=C(NCc1cccnc1)C1(F)CCCNC1. The maximum atomic E-state index is 14.2. The number of nitrogens with zero attached hydrogens (tertiary/aromatic N) is 1. The summed E-state index contributed by atoms with van der Waals surface area (Å²) in [4.78, 5) is 15.7. The van der Waals surface area contributed by atoms with Crippen LogP contribution in [-0.2, 0) is 11.3 Å². The topological polar surface area (TPSA) is 54.0 Å². The van der Waals surface area contributed by atoms with Crippen LogP contribution in [0.1, 0.15) is 18.4 Å². The largest absolute Gasteiger partial charge is 0.349 e. The number of pyridine rings is 1. The monoisotopic (exact) mass is 273 g/mol. The molecule has 2 N–H and O–H groups in total. The van der Waals surface area contributed by atoms with E-state index in [1.165, 1.54) is 0 Å². The molecule has 0 saturated carbocycles. The molecule has 0 spiro atoms. The molecule has 1 atom stereocenters. The Balaban J connectivity index is 0.00000162. The van der Waals surface area contributed by atoms with Crippen molar-refractivity contribution in [2.45, 2.75) is 25.1 Å². The Kier molecular flexibility index (Phi) is 5.50. The predicted octanol–water partition coefficient (Wildman–Crippen LogP) is 1.21. The Morgan fingerprint density at radius 2 is 2.44 bits per heavy atom. The van der Waals surface area contributed by atoms with E-state index in [1.54, 1.807) is 18.5 Å². The van der Waals surface area contributed by atoms with E-state index in [1.807, 2.05) is 6.07 Å². The second-order valence-corrected chi connectivity index (χ2v) is 4.29. The van der Waals surface area contributed by atoms with Crippen molar-refractivity contribution in [1.82, 2.24) is 15.6 Å². The minimum absolute atomic E-state index is 0. The molecule has 0 radical (unpaired) electrons. The quantitative estimate of drug-likeness (QED) is 0.870. The molecule has 0 aliphatic carbocycles. The van der Waals surface area contributed by atoms with Gasteiger partial charge in [-0.3, -0.25) is 9.78 Å². The van der Waals surface area contributed by atoms with E-state index in [2.05, 4.69) is 15.6 Å². The normalized spacial score (nSPS) is 22.9. The van der Waals surface area contributed by atoms with Gasteiger partial charge in [0.2, 0.25) is 5.67 Å². The van der Waals surface area contributed by atoms with Crippen molar-refractivity contribution in [2.75, 3.05) is 13.1 Å². The fourth-order valence-electron chi connectivity index (χ4n) is 1.91. The molecule has 1 amide bonds. The Labute approximate surface area is 112 Å². The molecule has 1 unspecified atom stereocenters. The van der Waals surface area contributed by atoms with E-state index in [-0.39, 0.29) is 19.0 Å². The van der Waals surface area contributed by atoms with Crippen LogP contribution in [0.5, 0.6) is 0 Å². The number of rotatable bonds is 3.